The van der Waals surface area contributed by atoms with E-state index in [4.69, 9.17) is 5.11 Å². The number of imidazole rings is 1. The number of para-hydroxylation sites is 1. The predicted octanol–water partition coefficient (Wildman–Crippen LogP) is 2.30. The summed E-state index contributed by atoms with van der Waals surface area (Å²) in [5.74, 6) is -1.21. The number of halogens is 3. The van der Waals surface area contributed by atoms with E-state index in [-0.39, 0.29) is 16.6 Å². The zero-order valence-corrected chi connectivity index (χ0v) is 8.40. The topological polar surface area (TPSA) is 55.1 Å². The van der Waals surface area contributed by atoms with E-state index in [0.717, 1.165) is 10.9 Å². The summed E-state index contributed by atoms with van der Waals surface area (Å²) in [6.45, 7) is -1.19. The van der Waals surface area contributed by atoms with Crippen molar-refractivity contribution in [3.63, 3.8) is 0 Å². The van der Waals surface area contributed by atoms with Crippen molar-refractivity contribution in [2.24, 2.45) is 0 Å². The van der Waals surface area contributed by atoms with Crippen LogP contribution in [-0.2, 0) is 6.54 Å². The lowest BCUT2D eigenvalue weighted by atomic mass is 10.2. The molecule has 0 amide bonds. The molecule has 17 heavy (non-hydrogen) atoms. The highest BCUT2D eigenvalue weighted by Gasteiger charge is 2.28. The summed E-state index contributed by atoms with van der Waals surface area (Å²) in [5.41, 5.74) is 0.106. The number of aromatic carboxylic acids is 1. The SMILES string of the molecule is O=C(O)c1cccc2c1ncn2CC(F)(F)F. The molecule has 0 aliphatic carbocycles. The van der Waals surface area contributed by atoms with E-state index in [1.54, 1.807) is 0 Å². The number of rotatable bonds is 2. The summed E-state index contributed by atoms with van der Waals surface area (Å²) in [6, 6.07) is 4.09. The van der Waals surface area contributed by atoms with Crippen molar-refractivity contribution in [3.05, 3.63) is 30.1 Å². The predicted molar refractivity (Wildman–Crippen MR) is 52.7 cm³/mol. The Kier molecular flexibility index (Phi) is 2.53. The Bertz CT molecular complexity index is 574. The maximum atomic E-state index is 12.2. The van der Waals surface area contributed by atoms with Gasteiger partial charge in [0.1, 0.15) is 12.1 Å². The first kappa shape index (κ1) is 11.4. The quantitative estimate of drug-likeness (QED) is 0.881. The molecular formula is C10H7F3N2O2. The van der Waals surface area contributed by atoms with Gasteiger partial charge in [0, 0.05) is 0 Å². The second kappa shape index (κ2) is 3.76. The fourth-order valence-electron chi connectivity index (χ4n) is 1.58. The van der Waals surface area contributed by atoms with Crippen LogP contribution in [0.15, 0.2) is 24.5 Å². The van der Waals surface area contributed by atoms with Crippen molar-refractivity contribution >= 4 is 17.0 Å². The summed E-state index contributed by atoms with van der Waals surface area (Å²) in [4.78, 5) is 14.5. The van der Waals surface area contributed by atoms with E-state index in [2.05, 4.69) is 4.98 Å². The van der Waals surface area contributed by atoms with Crippen LogP contribution in [-0.4, -0.2) is 26.8 Å². The van der Waals surface area contributed by atoms with Gasteiger partial charge in [-0.15, -0.1) is 0 Å². The smallest absolute Gasteiger partial charge is 0.406 e. The van der Waals surface area contributed by atoms with Gasteiger partial charge in [0.25, 0.3) is 0 Å². The molecule has 4 nitrogen and oxygen atoms in total. The highest BCUT2D eigenvalue weighted by molar-refractivity contribution is 6.00. The molecule has 0 fully saturated rings. The van der Waals surface area contributed by atoms with Gasteiger partial charge in [-0.3, -0.25) is 0 Å². The molecule has 0 saturated carbocycles. The molecule has 90 valence electrons. The summed E-state index contributed by atoms with van der Waals surface area (Å²) in [5, 5.41) is 8.85. The highest BCUT2D eigenvalue weighted by atomic mass is 19.4. The first-order valence-electron chi connectivity index (χ1n) is 4.62. The monoisotopic (exact) mass is 244 g/mol. The largest absolute Gasteiger partial charge is 0.478 e. The van der Waals surface area contributed by atoms with Crippen LogP contribution in [0.25, 0.3) is 11.0 Å². The van der Waals surface area contributed by atoms with Gasteiger partial charge in [0.15, 0.2) is 0 Å². The maximum absolute atomic E-state index is 12.2. The molecule has 1 aromatic carbocycles. The molecule has 1 N–H and O–H groups in total. The van der Waals surface area contributed by atoms with Crippen molar-refractivity contribution in [1.82, 2.24) is 9.55 Å². The first-order valence-corrected chi connectivity index (χ1v) is 4.62. The third kappa shape index (κ3) is 2.22. The molecule has 0 atom stereocenters. The van der Waals surface area contributed by atoms with Crippen LogP contribution in [0, 0.1) is 0 Å². The standard InChI is InChI=1S/C10H7F3N2O2/c11-10(12,13)4-15-5-14-8-6(9(16)17)2-1-3-7(8)15/h1-3,5H,4H2,(H,16,17). The van der Waals surface area contributed by atoms with Crippen LogP contribution in [0.1, 0.15) is 10.4 Å². The minimum Gasteiger partial charge on any atom is -0.478 e. The van der Waals surface area contributed by atoms with E-state index in [1.165, 1.54) is 18.2 Å². The Hall–Kier alpha value is -2.05. The molecule has 1 heterocycles. The Morgan fingerprint density at radius 3 is 2.71 bits per heavy atom. The number of nitrogens with zero attached hydrogens (tertiary/aromatic N) is 2. The van der Waals surface area contributed by atoms with Crippen molar-refractivity contribution in [1.29, 1.82) is 0 Å². The molecule has 0 saturated heterocycles. The van der Waals surface area contributed by atoms with Gasteiger partial charge in [-0.2, -0.15) is 13.2 Å². The molecule has 1 aromatic heterocycles. The second-order valence-corrected chi connectivity index (χ2v) is 3.47. The lowest BCUT2D eigenvalue weighted by Crippen LogP contribution is -2.16. The molecule has 7 heteroatoms. The highest BCUT2D eigenvalue weighted by Crippen LogP contribution is 2.23. The Labute approximate surface area is 93.3 Å². The fraction of sp³-hybridized carbons (Fsp3) is 0.200. The van der Waals surface area contributed by atoms with Gasteiger partial charge < -0.3 is 9.67 Å². The van der Waals surface area contributed by atoms with E-state index in [0.29, 0.717) is 0 Å². The third-order valence-corrected chi connectivity index (χ3v) is 2.23. The van der Waals surface area contributed by atoms with Crippen LogP contribution < -0.4 is 0 Å². The second-order valence-electron chi connectivity index (χ2n) is 3.47. The fourth-order valence-corrected chi connectivity index (χ4v) is 1.58. The minimum atomic E-state index is -4.37. The molecule has 2 aromatic rings. The van der Waals surface area contributed by atoms with Gasteiger partial charge >= 0.3 is 12.1 Å². The first-order chi connectivity index (χ1) is 7.88. The van der Waals surface area contributed by atoms with Crippen LogP contribution >= 0.6 is 0 Å². The number of hydrogen-bond donors (Lipinski definition) is 1. The molecule has 0 aliphatic rings. The molecule has 0 unspecified atom stereocenters. The third-order valence-electron chi connectivity index (χ3n) is 2.23. The average molecular weight is 244 g/mol. The number of benzene rings is 1. The molecule has 0 aliphatic heterocycles. The lowest BCUT2D eigenvalue weighted by Gasteiger charge is -2.07. The number of hydrogen-bond acceptors (Lipinski definition) is 2. The Balaban J connectivity index is 2.55. The van der Waals surface area contributed by atoms with Crippen LogP contribution in [0.4, 0.5) is 13.2 Å². The van der Waals surface area contributed by atoms with Crippen molar-refractivity contribution < 1.29 is 23.1 Å². The number of aromatic nitrogens is 2. The zero-order chi connectivity index (χ0) is 12.6. The Morgan fingerprint density at radius 1 is 1.41 bits per heavy atom. The number of carbonyl (C=O) groups is 1. The minimum absolute atomic E-state index is 0.0595. The number of fused-ring (bicyclic) bond motifs is 1. The van der Waals surface area contributed by atoms with Gasteiger partial charge in [-0.1, -0.05) is 6.07 Å². The molecule has 0 bridgehead atoms. The normalized spacial score (nSPS) is 11.9. The van der Waals surface area contributed by atoms with Crippen LogP contribution in [0.2, 0.25) is 0 Å². The van der Waals surface area contributed by atoms with Gasteiger partial charge in [0.2, 0.25) is 0 Å². The average Bonchev–Trinajstić information content (AvgIpc) is 2.59. The molecule has 0 spiro atoms. The van der Waals surface area contributed by atoms with Crippen molar-refractivity contribution in [2.45, 2.75) is 12.7 Å². The summed E-state index contributed by atoms with van der Waals surface area (Å²) in [6.07, 6.45) is -3.38. The molecule has 0 radical (unpaired) electrons. The van der Waals surface area contributed by atoms with Crippen molar-refractivity contribution in [3.8, 4) is 0 Å². The molecule has 2 rings (SSSR count). The van der Waals surface area contributed by atoms with Crippen LogP contribution in [0.5, 0.6) is 0 Å². The van der Waals surface area contributed by atoms with E-state index < -0.39 is 18.7 Å². The summed E-state index contributed by atoms with van der Waals surface area (Å²) >= 11 is 0. The maximum Gasteiger partial charge on any atom is 0.406 e. The summed E-state index contributed by atoms with van der Waals surface area (Å²) in [7, 11) is 0. The van der Waals surface area contributed by atoms with Gasteiger partial charge in [0.05, 0.1) is 17.4 Å². The number of carboxylic acids is 1. The van der Waals surface area contributed by atoms with E-state index in [9.17, 15) is 18.0 Å². The lowest BCUT2D eigenvalue weighted by molar-refractivity contribution is -0.139. The van der Waals surface area contributed by atoms with E-state index in [1.807, 2.05) is 0 Å². The number of alkyl halides is 3. The summed E-state index contributed by atoms with van der Waals surface area (Å²) < 4.78 is 37.6. The van der Waals surface area contributed by atoms with E-state index >= 15 is 0 Å². The van der Waals surface area contributed by atoms with Gasteiger partial charge in [-0.25, -0.2) is 9.78 Å². The zero-order valence-electron chi connectivity index (χ0n) is 8.40. The number of carboxylic acid groups (broad SMARTS) is 1. The van der Waals surface area contributed by atoms with Gasteiger partial charge in [-0.05, 0) is 12.1 Å². The van der Waals surface area contributed by atoms with Crippen molar-refractivity contribution in [2.75, 3.05) is 0 Å². The molecular weight excluding hydrogens is 237 g/mol. The Morgan fingerprint density at radius 2 is 2.12 bits per heavy atom. The van der Waals surface area contributed by atoms with Crippen LogP contribution in [0.3, 0.4) is 0 Å².